The second-order valence-electron chi connectivity index (χ2n) is 8.32. The third-order valence-electron chi connectivity index (χ3n) is 6.26. The van der Waals surface area contributed by atoms with Crippen LogP contribution in [0.1, 0.15) is 42.6 Å². The van der Waals surface area contributed by atoms with Gasteiger partial charge in [-0.2, -0.15) is 5.10 Å². The van der Waals surface area contributed by atoms with E-state index in [1.807, 2.05) is 4.90 Å². The van der Waals surface area contributed by atoms with Gasteiger partial charge < -0.3 is 19.9 Å². The topological polar surface area (TPSA) is 83.1 Å². The summed E-state index contributed by atoms with van der Waals surface area (Å²) in [5, 5.41) is 12.0. The number of nitrogens with one attached hydrogen (secondary N) is 2. The molecule has 168 valence electrons. The van der Waals surface area contributed by atoms with E-state index in [1.54, 1.807) is 19.9 Å². The van der Waals surface area contributed by atoms with Gasteiger partial charge in [-0.1, -0.05) is 18.2 Å². The molecular weight excluding hydrogens is 423 g/mol. The Hall–Kier alpha value is -3.14. The van der Waals surface area contributed by atoms with Gasteiger partial charge in [-0.15, -0.1) is 5.10 Å². The van der Waals surface area contributed by atoms with Crippen LogP contribution in [0.5, 0.6) is 0 Å². The smallest absolute Gasteiger partial charge is 0.272 e. The minimum absolute atomic E-state index is 0.0944. The van der Waals surface area contributed by atoms with Crippen molar-refractivity contribution in [3.8, 4) is 0 Å². The van der Waals surface area contributed by atoms with Crippen LogP contribution in [0.3, 0.4) is 0 Å². The first-order valence-electron chi connectivity index (χ1n) is 10.4. The molecule has 2 aromatic heterocycles. The third-order valence-corrected chi connectivity index (χ3v) is 6.26. The second-order valence-corrected chi connectivity index (χ2v) is 8.32. The zero-order chi connectivity index (χ0) is 22.6. The van der Waals surface area contributed by atoms with E-state index in [9.17, 15) is 18.0 Å². The summed E-state index contributed by atoms with van der Waals surface area (Å²) in [5.41, 5.74) is 0.800. The molecule has 0 aliphatic carbocycles. The Morgan fingerprint density at radius 3 is 2.75 bits per heavy atom. The minimum atomic E-state index is -2.91. The molecular formula is C22H22F3N5O2. The molecule has 5 rings (SSSR count). The summed E-state index contributed by atoms with van der Waals surface area (Å²) >= 11 is 0. The van der Waals surface area contributed by atoms with E-state index < -0.39 is 23.8 Å². The number of alkyl halides is 2. The maximum atomic E-state index is 14.6. The SMILES string of the molecule is Cc1nnc(N[C@H](C)c2cccc(C(F)F)c2F)c2cc(N3CC4CC3CO4)c(=O)[nH]c12. The van der Waals surface area contributed by atoms with Gasteiger partial charge in [-0.25, -0.2) is 13.2 Å². The van der Waals surface area contributed by atoms with Crippen molar-refractivity contribution < 1.29 is 17.9 Å². The Morgan fingerprint density at radius 1 is 1.28 bits per heavy atom. The summed E-state index contributed by atoms with van der Waals surface area (Å²) in [6.07, 6.45) is -1.91. The van der Waals surface area contributed by atoms with Gasteiger partial charge in [0.1, 0.15) is 11.5 Å². The van der Waals surface area contributed by atoms with Crippen LogP contribution in [0.2, 0.25) is 0 Å². The normalized spacial score (nSPS) is 21.0. The molecule has 2 saturated heterocycles. The van der Waals surface area contributed by atoms with Gasteiger partial charge in [-0.05, 0) is 26.3 Å². The number of benzene rings is 1. The highest BCUT2D eigenvalue weighted by Gasteiger charge is 2.40. The fourth-order valence-electron chi connectivity index (χ4n) is 4.59. The Bertz CT molecular complexity index is 1250. The molecule has 0 spiro atoms. The largest absolute Gasteiger partial charge is 0.374 e. The zero-order valence-electron chi connectivity index (χ0n) is 17.5. The molecule has 0 saturated carbocycles. The van der Waals surface area contributed by atoms with E-state index in [0.29, 0.717) is 41.3 Å². The quantitative estimate of drug-likeness (QED) is 0.621. The van der Waals surface area contributed by atoms with Gasteiger partial charge in [0.05, 0.1) is 41.6 Å². The lowest BCUT2D eigenvalue weighted by Crippen LogP contribution is -2.39. The number of aromatic amines is 1. The molecule has 32 heavy (non-hydrogen) atoms. The number of aromatic nitrogens is 3. The second kappa shape index (κ2) is 7.77. The number of nitrogens with zero attached hydrogens (tertiary/aromatic N) is 3. The molecule has 2 N–H and O–H groups in total. The van der Waals surface area contributed by atoms with Crippen LogP contribution >= 0.6 is 0 Å². The fraction of sp³-hybridized carbons (Fsp3) is 0.409. The lowest BCUT2D eigenvalue weighted by Gasteiger charge is -2.28. The summed E-state index contributed by atoms with van der Waals surface area (Å²) < 4.78 is 46.5. The Balaban J connectivity index is 1.54. The van der Waals surface area contributed by atoms with Crippen LogP contribution in [-0.2, 0) is 4.74 Å². The first-order chi connectivity index (χ1) is 15.3. The van der Waals surface area contributed by atoms with Crippen molar-refractivity contribution >= 4 is 22.4 Å². The highest BCUT2D eigenvalue weighted by Crippen LogP contribution is 2.34. The molecule has 3 atom stereocenters. The van der Waals surface area contributed by atoms with Gasteiger partial charge in [0.15, 0.2) is 5.82 Å². The van der Waals surface area contributed by atoms with Crippen molar-refractivity contribution in [2.24, 2.45) is 0 Å². The molecule has 10 heteroatoms. The molecule has 0 radical (unpaired) electrons. The van der Waals surface area contributed by atoms with Gasteiger partial charge in [0, 0.05) is 17.5 Å². The van der Waals surface area contributed by atoms with E-state index in [0.717, 1.165) is 12.5 Å². The average Bonchev–Trinajstić information content (AvgIpc) is 3.39. The first-order valence-corrected chi connectivity index (χ1v) is 10.4. The monoisotopic (exact) mass is 445 g/mol. The van der Waals surface area contributed by atoms with Gasteiger partial charge >= 0.3 is 0 Å². The van der Waals surface area contributed by atoms with Crippen molar-refractivity contribution in [1.82, 2.24) is 15.2 Å². The summed E-state index contributed by atoms with van der Waals surface area (Å²) in [6.45, 7) is 4.61. The molecule has 2 aliphatic rings. The molecule has 0 amide bonds. The lowest BCUT2D eigenvalue weighted by molar-refractivity contribution is 0.0990. The number of hydrogen-bond donors (Lipinski definition) is 2. The number of pyridine rings is 1. The van der Waals surface area contributed by atoms with E-state index in [2.05, 4.69) is 20.5 Å². The Labute approximate surface area is 181 Å². The summed E-state index contributed by atoms with van der Waals surface area (Å²) in [4.78, 5) is 17.8. The van der Waals surface area contributed by atoms with Crippen molar-refractivity contribution in [2.45, 2.75) is 44.9 Å². The number of morpholine rings is 1. The standard InChI is InChI=1S/C22H22F3N5O2/c1-10(14-4-3-5-15(18(14)23)20(24)25)26-21-16-7-17(30-8-13-6-12(30)9-32-13)22(31)27-19(16)11(2)28-29-21/h3-5,7,10,12-13,20H,6,8-9H2,1-2H3,(H,26,29)(H,27,31)/t10-,12?,13?/m1/s1. The van der Waals surface area contributed by atoms with Crippen molar-refractivity contribution in [1.29, 1.82) is 0 Å². The summed E-state index contributed by atoms with van der Waals surface area (Å²) in [7, 11) is 0. The molecule has 3 aromatic rings. The Kier molecular flexibility index (Phi) is 5.04. The number of rotatable bonds is 5. The first kappa shape index (κ1) is 20.7. The number of aryl methyl sites for hydroxylation is 1. The predicted molar refractivity (Wildman–Crippen MR) is 114 cm³/mol. The van der Waals surface area contributed by atoms with Crippen molar-refractivity contribution in [2.75, 3.05) is 23.4 Å². The highest BCUT2D eigenvalue weighted by molar-refractivity contribution is 5.92. The lowest BCUT2D eigenvalue weighted by atomic mass is 10.0. The zero-order valence-corrected chi connectivity index (χ0v) is 17.5. The third kappa shape index (κ3) is 3.38. The van der Waals surface area contributed by atoms with Gasteiger partial charge in [-0.3, -0.25) is 4.79 Å². The van der Waals surface area contributed by atoms with E-state index in [1.165, 1.54) is 12.1 Å². The number of halogens is 3. The van der Waals surface area contributed by atoms with E-state index in [-0.39, 0.29) is 23.3 Å². The minimum Gasteiger partial charge on any atom is -0.374 e. The van der Waals surface area contributed by atoms with Crippen LogP contribution in [0, 0.1) is 12.7 Å². The molecule has 1 aromatic carbocycles. The predicted octanol–water partition coefficient (Wildman–Crippen LogP) is 3.85. The number of ether oxygens (including phenoxy) is 1. The molecule has 7 nitrogen and oxygen atoms in total. The number of H-pyrrole nitrogens is 1. The maximum Gasteiger partial charge on any atom is 0.272 e. The van der Waals surface area contributed by atoms with Crippen molar-refractivity contribution in [3.05, 3.63) is 57.3 Å². The van der Waals surface area contributed by atoms with Crippen LogP contribution < -0.4 is 15.8 Å². The highest BCUT2D eigenvalue weighted by atomic mass is 19.3. The number of hydrogen-bond acceptors (Lipinski definition) is 6. The van der Waals surface area contributed by atoms with Crippen LogP contribution in [0.4, 0.5) is 24.7 Å². The van der Waals surface area contributed by atoms with E-state index >= 15 is 0 Å². The Morgan fingerprint density at radius 2 is 2.06 bits per heavy atom. The van der Waals surface area contributed by atoms with E-state index in [4.69, 9.17) is 4.74 Å². The van der Waals surface area contributed by atoms with Gasteiger partial charge in [0.2, 0.25) is 0 Å². The van der Waals surface area contributed by atoms with Crippen LogP contribution in [-0.4, -0.2) is 40.5 Å². The molecule has 2 fully saturated rings. The maximum absolute atomic E-state index is 14.6. The molecule has 2 aliphatic heterocycles. The van der Waals surface area contributed by atoms with Gasteiger partial charge in [0.25, 0.3) is 12.0 Å². The molecule has 2 bridgehead atoms. The molecule has 4 heterocycles. The van der Waals surface area contributed by atoms with Crippen LogP contribution in [0.25, 0.3) is 10.9 Å². The average molecular weight is 445 g/mol. The summed E-state index contributed by atoms with van der Waals surface area (Å²) in [6, 6.07) is 5.17. The summed E-state index contributed by atoms with van der Waals surface area (Å²) in [5.74, 6) is -0.618. The van der Waals surface area contributed by atoms with Crippen molar-refractivity contribution in [3.63, 3.8) is 0 Å². The molecule has 2 unspecified atom stereocenters. The number of fused-ring (bicyclic) bond motifs is 3. The van der Waals surface area contributed by atoms with Crippen LogP contribution in [0.15, 0.2) is 29.1 Å². The number of anilines is 2. The fourth-order valence-corrected chi connectivity index (χ4v) is 4.59.